The summed E-state index contributed by atoms with van der Waals surface area (Å²) in [6.45, 7) is 0. The maximum Gasteiger partial charge on any atom is 0.433 e. The zero-order chi connectivity index (χ0) is 14.9. The first-order chi connectivity index (χ1) is 9.27. The minimum Gasteiger partial charge on any atom is -0.218 e. The number of benzene rings is 1. The zero-order valence-electron chi connectivity index (χ0n) is 9.63. The molecule has 2 rings (SSSR count). The fourth-order valence-electron chi connectivity index (χ4n) is 1.51. The second-order valence-corrected chi connectivity index (χ2v) is 4.17. The van der Waals surface area contributed by atoms with Crippen molar-refractivity contribution in [3.05, 3.63) is 46.9 Å². The molecule has 0 N–H and O–H groups in total. The molecule has 0 aliphatic rings. The SMILES string of the molecule is FC(F)c1ccc(-c2cc(C(F)(F)F)nc(Cl)n2)cc1. The third-order valence-corrected chi connectivity index (χ3v) is 2.62. The van der Waals surface area contributed by atoms with Gasteiger partial charge in [0.2, 0.25) is 5.28 Å². The van der Waals surface area contributed by atoms with Crippen LogP contribution in [0.25, 0.3) is 11.3 Å². The van der Waals surface area contributed by atoms with Crippen molar-refractivity contribution in [1.29, 1.82) is 0 Å². The first-order valence-electron chi connectivity index (χ1n) is 5.27. The third kappa shape index (κ3) is 3.22. The molecule has 1 aromatic carbocycles. The fraction of sp³-hybridized carbons (Fsp3) is 0.167. The number of hydrogen-bond acceptors (Lipinski definition) is 2. The summed E-state index contributed by atoms with van der Waals surface area (Å²) in [5.41, 5.74) is -1.27. The topological polar surface area (TPSA) is 25.8 Å². The summed E-state index contributed by atoms with van der Waals surface area (Å²) in [6.07, 6.45) is -7.31. The summed E-state index contributed by atoms with van der Waals surface area (Å²) in [5, 5.41) is -0.562. The molecule has 0 amide bonds. The van der Waals surface area contributed by atoms with Crippen LogP contribution in [-0.4, -0.2) is 9.97 Å². The van der Waals surface area contributed by atoms with E-state index in [2.05, 4.69) is 9.97 Å². The third-order valence-electron chi connectivity index (χ3n) is 2.45. The van der Waals surface area contributed by atoms with Gasteiger partial charge in [0.05, 0.1) is 5.69 Å². The van der Waals surface area contributed by atoms with E-state index >= 15 is 0 Å². The molecule has 2 aromatic rings. The Morgan fingerprint density at radius 3 is 2.10 bits per heavy atom. The van der Waals surface area contributed by atoms with E-state index in [1.165, 1.54) is 12.1 Å². The standard InChI is InChI=1S/C12H6ClF5N2/c13-11-19-8(5-9(20-11)12(16,17)18)6-1-3-7(4-2-6)10(14)15/h1-5,10H. The molecule has 8 heteroatoms. The van der Waals surface area contributed by atoms with Crippen molar-refractivity contribution in [3.63, 3.8) is 0 Å². The Bertz CT molecular complexity index is 610. The van der Waals surface area contributed by atoms with E-state index in [4.69, 9.17) is 11.6 Å². The predicted octanol–water partition coefficient (Wildman–Crippen LogP) is 4.75. The van der Waals surface area contributed by atoms with Crippen LogP contribution in [0.2, 0.25) is 5.28 Å². The molecule has 0 aliphatic heterocycles. The van der Waals surface area contributed by atoms with Crippen LogP contribution < -0.4 is 0 Å². The van der Waals surface area contributed by atoms with Gasteiger partial charge in [-0.25, -0.2) is 18.7 Å². The van der Waals surface area contributed by atoms with Crippen LogP contribution in [0.1, 0.15) is 17.7 Å². The van der Waals surface area contributed by atoms with Gasteiger partial charge in [-0.15, -0.1) is 0 Å². The Kier molecular flexibility index (Phi) is 3.89. The highest BCUT2D eigenvalue weighted by Gasteiger charge is 2.33. The summed E-state index contributed by atoms with van der Waals surface area (Å²) < 4.78 is 62.5. The van der Waals surface area contributed by atoms with Gasteiger partial charge in [-0.3, -0.25) is 0 Å². The van der Waals surface area contributed by atoms with Gasteiger partial charge in [0, 0.05) is 11.1 Å². The van der Waals surface area contributed by atoms with Crippen LogP contribution in [0.15, 0.2) is 30.3 Å². The Morgan fingerprint density at radius 2 is 1.60 bits per heavy atom. The van der Waals surface area contributed by atoms with Crippen LogP contribution in [0, 0.1) is 0 Å². The molecule has 0 atom stereocenters. The van der Waals surface area contributed by atoms with Crippen LogP contribution >= 0.6 is 11.6 Å². The van der Waals surface area contributed by atoms with E-state index in [9.17, 15) is 22.0 Å². The predicted molar refractivity (Wildman–Crippen MR) is 62.4 cm³/mol. The van der Waals surface area contributed by atoms with E-state index in [0.29, 0.717) is 6.07 Å². The van der Waals surface area contributed by atoms with E-state index < -0.39 is 23.6 Å². The maximum absolute atomic E-state index is 12.6. The highest BCUT2D eigenvalue weighted by molar-refractivity contribution is 6.28. The quantitative estimate of drug-likeness (QED) is 0.591. The number of nitrogens with zero attached hydrogens (tertiary/aromatic N) is 2. The number of halogens is 6. The number of alkyl halides is 5. The molecule has 0 bridgehead atoms. The molecule has 0 fully saturated rings. The van der Waals surface area contributed by atoms with E-state index in [1.54, 1.807) is 0 Å². The Balaban J connectivity index is 2.44. The Hall–Kier alpha value is -1.76. The second-order valence-electron chi connectivity index (χ2n) is 3.83. The van der Waals surface area contributed by atoms with Gasteiger partial charge in [0.15, 0.2) is 0 Å². The van der Waals surface area contributed by atoms with Crippen LogP contribution in [-0.2, 0) is 6.18 Å². The molecule has 1 aromatic heterocycles. The molecule has 0 aliphatic carbocycles. The second kappa shape index (κ2) is 5.32. The van der Waals surface area contributed by atoms with Gasteiger partial charge in [-0.1, -0.05) is 24.3 Å². The van der Waals surface area contributed by atoms with Crippen molar-refractivity contribution in [2.45, 2.75) is 12.6 Å². The molecule has 0 saturated carbocycles. The molecular formula is C12H6ClF5N2. The molecule has 0 spiro atoms. The average Bonchev–Trinajstić information content (AvgIpc) is 2.37. The van der Waals surface area contributed by atoms with Gasteiger partial charge in [0.25, 0.3) is 6.43 Å². The van der Waals surface area contributed by atoms with Gasteiger partial charge < -0.3 is 0 Å². The van der Waals surface area contributed by atoms with Crippen LogP contribution in [0.3, 0.4) is 0 Å². The molecule has 0 saturated heterocycles. The number of aromatic nitrogens is 2. The van der Waals surface area contributed by atoms with Crippen molar-refractivity contribution < 1.29 is 22.0 Å². The Morgan fingerprint density at radius 1 is 1.00 bits per heavy atom. The molecule has 2 nitrogen and oxygen atoms in total. The number of rotatable bonds is 2. The molecule has 0 radical (unpaired) electrons. The smallest absolute Gasteiger partial charge is 0.218 e. The summed E-state index contributed by atoms with van der Waals surface area (Å²) >= 11 is 5.45. The zero-order valence-corrected chi connectivity index (χ0v) is 10.4. The monoisotopic (exact) mass is 308 g/mol. The minimum absolute atomic E-state index is 0.0851. The van der Waals surface area contributed by atoms with Gasteiger partial charge >= 0.3 is 6.18 Å². The van der Waals surface area contributed by atoms with Gasteiger partial charge in [-0.2, -0.15) is 13.2 Å². The van der Waals surface area contributed by atoms with Crippen molar-refractivity contribution in [1.82, 2.24) is 9.97 Å². The first-order valence-corrected chi connectivity index (χ1v) is 5.65. The highest BCUT2D eigenvalue weighted by atomic mass is 35.5. The van der Waals surface area contributed by atoms with Crippen molar-refractivity contribution >= 4 is 11.6 Å². The lowest BCUT2D eigenvalue weighted by Gasteiger charge is -2.08. The van der Waals surface area contributed by atoms with Gasteiger partial charge in [0.1, 0.15) is 5.69 Å². The maximum atomic E-state index is 12.6. The van der Waals surface area contributed by atoms with E-state index in [0.717, 1.165) is 12.1 Å². The Labute approximate surface area is 115 Å². The van der Waals surface area contributed by atoms with Crippen molar-refractivity contribution in [3.8, 4) is 11.3 Å². The lowest BCUT2D eigenvalue weighted by Crippen LogP contribution is -2.09. The lowest BCUT2D eigenvalue weighted by atomic mass is 10.1. The molecule has 20 heavy (non-hydrogen) atoms. The van der Waals surface area contributed by atoms with Crippen LogP contribution in [0.5, 0.6) is 0 Å². The largest absolute Gasteiger partial charge is 0.433 e. The summed E-state index contributed by atoms with van der Waals surface area (Å²) in [6, 6.07) is 5.44. The molecule has 1 heterocycles. The average molecular weight is 309 g/mol. The summed E-state index contributed by atoms with van der Waals surface area (Å²) in [7, 11) is 0. The fourth-order valence-corrected chi connectivity index (χ4v) is 1.69. The van der Waals surface area contributed by atoms with E-state index in [1.807, 2.05) is 0 Å². The summed E-state index contributed by atoms with van der Waals surface area (Å²) in [4.78, 5) is 6.74. The van der Waals surface area contributed by atoms with E-state index in [-0.39, 0.29) is 16.8 Å². The van der Waals surface area contributed by atoms with Gasteiger partial charge in [-0.05, 0) is 17.7 Å². The molecule has 0 unspecified atom stereocenters. The van der Waals surface area contributed by atoms with Crippen LogP contribution in [0.4, 0.5) is 22.0 Å². The lowest BCUT2D eigenvalue weighted by molar-refractivity contribution is -0.141. The highest BCUT2D eigenvalue weighted by Crippen LogP contribution is 2.31. The minimum atomic E-state index is -4.66. The van der Waals surface area contributed by atoms with Crippen molar-refractivity contribution in [2.75, 3.05) is 0 Å². The van der Waals surface area contributed by atoms with Crippen molar-refractivity contribution in [2.24, 2.45) is 0 Å². The first kappa shape index (κ1) is 14.6. The molecular weight excluding hydrogens is 303 g/mol. The summed E-state index contributed by atoms with van der Waals surface area (Å²) in [5.74, 6) is 0. The normalized spacial score (nSPS) is 11.9. The molecule has 106 valence electrons. The number of hydrogen-bond donors (Lipinski definition) is 0.